The maximum atomic E-state index is 3.64. The van der Waals surface area contributed by atoms with Crippen LogP contribution in [0.15, 0.2) is 24.3 Å². The van der Waals surface area contributed by atoms with E-state index in [1.54, 1.807) is 5.56 Å². The van der Waals surface area contributed by atoms with Gasteiger partial charge >= 0.3 is 0 Å². The van der Waals surface area contributed by atoms with E-state index in [9.17, 15) is 0 Å². The quantitative estimate of drug-likeness (QED) is 0.659. The molecule has 0 spiro atoms. The van der Waals surface area contributed by atoms with Gasteiger partial charge in [0.05, 0.1) is 0 Å². The molecule has 18 heavy (non-hydrogen) atoms. The Labute approximate surface area is 112 Å². The van der Waals surface area contributed by atoms with Crippen LogP contribution >= 0.6 is 0 Å². The maximum Gasteiger partial charge on any atom is 0.0208 e. The Hall–Kier alpha value is -0.820. The molecule has 1 nitrogen and oxygen atoms in total. The predicted octanol–water partition coefficient (Wildman–Crippen LogP) is 4.62. The summed E-state index contributed by atoms with van der Waals surface area (Å²) >= 11 is 0. The van der Waals surface area contributed by atoms with Gasteiger partial charge in [-0.15, -0.1) is 0 Å². The highest BCUT2D eigenvalue weighted by Gasteiger charge is 2.23. The third-order valence-electron chi connectivity index (χ3n) is 3.90. The van der Waals surface area contributed by atoms with Crippen molar-refractivity contribution in [3.63, 3.8) is 0 Å². The van der Waals surface area contributed by atoms with Gasteiger partial charge in [0.15, 0.2) is 0 Å². The first-order chi connectivity index (χ1) is 8.79. The summed E-state index contributed by atoms with van der Waals surface area (Å²) in [5.74, 6) is 0.868. The minimum atomic E-state index is 0.640. The van der Waals surface area contributed by atoms with Crippen LogP contribution in [-0.2, 0) is 6.54 Å². The van der Waals surface area contributed by atoms with E-state index in [4.69, 9.17) is 0 Å². The minimum absolute atomic E-state index is 0.640. The molecule has 0 saturated heterocycles. The molecule has 0 amide bonds. The molecule has 1 saturated carbocycles. The van der Waals surface area contributed by atoms with Crippen LogP contribution in [0.2, 0.25) is 0 Å². The summed E-state index contributed by atoms with van der Waals surface area (Å²) in [6, 6.07) is 9.78. The summed E-state index contributed by atoms with van der Waals surface area (Å²) in [5, 5.41) is 3.64. The fraction of sp³-hybridized carbons (Fsp3) is 0.647. The zero-order valence-electron chi connectivity index (χ0n) is 11.9. The molecule has 1 aliphatic rings. The second-order valence-corrected chi connectivity index (χ2v) is 5.80. The van der Waals surface area contributed by atoms with Gasteiger partial charge in [0.2, 0.25) is 0 Å². The first kappa shape index (κ1) is 13.6. The molecule has 100 valence electrons. The van der Waals surface area contributed by atoms with Crippen LogP contribution in [0.3, 0.4) is 0 Å². The van der Waals surface area contributed by atoms with Gasteiger partial charge in [0, 0.05) is 12.6 Å². The zero-order valence-corrected chi connectivity index (χ0v) is 11.9. The van der Waals surface area contributed by atoms with Crippen molar-refractivity contribution < 1.29 is 0 Å². The van der Waals surface area contributed by atoms with E-state index in [1.165, 1.54) is 44.1 Å². The molecular formula is C17H27N. The van der Waals surface area contributed by atoms with E-state index < -0.39 is 0 Å². The summed E-state index contributed by atoms with van der Waals surface area (Å²) in [6.07, 6.45) is 8.12. The van der Waals surface area contributed by atoms with Crippen LogP contribution in [0.25, 0.3) is 0 Å². The molecule has 0 bridgehead atoms. The average molecular weight is 245 g/mol. The molecule has 1 fully saturated rings. The summed E-state index contributed by atoms with van der Waals surface area (Å²) in [6.45, 7) is 5.59. The van der Waals surface area contributed by atoms with E-state index in [1.807, 2.05) is 0 Å². The molecule has 0 aromatic heterocycles. The minimum Gasteiger partial charge on any atom is -0.310 e. The highest BCUT2D eigenvalue weighted by Crippen LogP contribution is 2.40. The summed E-state index contributed by atoms with van der Waals surface area (Å²) < 4.78 is 0. The van der Waals surface area contributed by atoms with Gasteiger partial charge in [-0.2, -0.15) is 0 Å². The number of benzene rings is 1. The molecule has 0 heterocycles. The average Bonchev–Trinajstić information content (AvgIpc) is 3.21. The molecule has 1 unspecified atom stereocenters. The third-order valence-corrected chi connectivity index (χ3v) is 3.90. The lowest BCUT2D eigenvalue weighted by Crippen LogP contribution is -2.25. The Morgan fingerprint density at radius 1 is 1.28 bits per heavy atom. The van der Waals surface area contributed by atoms with E-state index in [2.05, 4.69) is 43.4 Å². The third kappa shape index (κ3) is 4.45. The van der Waals surface area contributed by atoms with E-state index in [0.717, 1.165) is 12.5 Å². The number of hydrogen-bond acceptors (Lipinski definition) is 1. The summed E-state index contributed by atoms with van der Waals surface area (Å²) in [4.78, 5) is 0. The van der Waals surface area contributed by atoms with Crippen molar-refractivity contribution in [3.05, 3.63) is 35.4 Å². The van der Waals surface area contributed by atoms with Gasteiger partial charge < -0.3 is 5.32 Å². The molecule has 1 aliphatic carbocycles. The van der Waals surface area contributed by atoms with Gasteiger partial charge in [-0.05, 0) is 43.2 Å². The summed E-state index contributed by atoms with van der Waals surface area (Å²) in [5.41, 5.74) is 3.00. The number of rotatable bonds is 8. The molecule has 2 rings (SSSR count). The largest absolute Gasteiger partial charge is 0.310 e. The number of hydrogen-bond donors (Lipinski definition) is 1. The van der Waals surface area contributed by atoms with Gasteiger partial charge in [-0.1, -0.05) is 50.5 Å². The van der Waals surface area contributed by atoms with Crippen molar-refractivity contribution in [2.45, 2.75) is 70.9 Å². The fourth-order valence-electron chi connectivity index (χ4n) is 2.47. The van der Waals surface area contributed by atoms with Crippen LogP contribution in [0, 0.1) is 0 Å². The van der Waals surface area contributed by atoms with Gasteiger partial charge in [-0.3, -0.25) is 0 Å². The molecule has 0 aliphatic heterocycles. The lowest BCUT2D eigenvalue weighted by Gasteiger charge is -2.14. The zero-order chi connectivity index (χ0) is 12.8. The molecule has 1 N–H and O–H groups in total. The number of unbranched alkanes of at least 4 members (excludes halogenated alkanes) is 2. The highest BCUT2D eigenvalue weighted by atomic mass is 14.9. The van der Waals surface area contributed by atoms with Crippen molar-refractivity contribution in [3.8, 4) is 0 Å². The van der Waals surface area contributed by atoms with E-state index >= 15 is 0 Å². The molecule has 1 aromatic carbocycles. The lowest BCUT2D eigenvalue weighted by molar-refractivity contribution is 0.487. The molecule has 1 atom stereocenters. The smallest absolute Gasteiger partial charge is 0.0208 e. The van der Waals surface area contributed by atoms with E-state index in [-0.39, 0.29) is 0 Å². The second-order valence-electron chi connectivity index (χ2n) is 5.80. The van der Waals surface area contributed by atoms with Crippen LogP contribution in [0.5, 0.6) is 0 Å². The molecular weight excluding hydrogens is 218 g/mol. The van der Waals surface area contributed by atoms with Crippen LogP contribution in [0.1, 0.15) is 69.4 Å². The predicted molar refractivity (Wildman–Crippen MR) is 78.9 cm³/mol. The van der Waals surface area contributed by atoms with Crippen LogP contribution in [-0.4, -0.2) is 6.04 Å². The van der Waals surface area contributed by atoms with Crippen molar-refractivity contribution >= 4 is 0 Å². The topological polar surface area (TPSA) is 12.0 Å². The molecule has 1 aromatic rings. The normalized spacial score (nSPS) is 16.8. The number of nitrogens with one attached hydrogen (secondary N) is 1. The van der Waals surface area contributed by atoms with Crippen molar-refractivity contribution in [1.82, 2.24) is 5.32 Å². The maximum absolute atomic E-state index is 3.64. The van der Waals surface area contributed by atoms with Crippen molar-refractivity contribution in [2.75, 3.05) is 0 Å². The SMILES string of the molecule is CCCCCC(C)NCc1cccc(C2CC2)c1. The summed E-state index contributed by atoms with van der Waals surface area (Å²) in [7, 11) is 0. The second kappa shape index (κ2) is 6.94. The monoisotopic (exact) mass is 245 g/mol. The lowest BCUT2D eigenvalue weighted by atomic mass is 10.1. The Kier molecular flexibility index (Phi) is 5.25. The van der Waals surface area contributed by atoms with Crippen molar-refractivity contribution in [1.29, 1.82) is 0 Å². The Bertz CT molecular complexity index is 354. The fourth-order valence-corrected chi connectivity index (χ4v) is 2.47. The standard InChI is InChI=1S/C17H27N/c1-3-4-5-7-14(2)18-13-15-8-6-9-17(12-15)16-10-11-16/h6,8-9,12,14,16,18H,3-5,7,10-11,13H2,1-2H3. The molecule has 1 heteroatoms. The van der Waals surface area contributed by atoms with Crippen LogP contribution in [0.4, 0.5) is 0 Å². The Morgan fingerprint density at radius 2 is 2.11 bits per heavy atom. The van der Waals surface area contributed by atoms with Gasteiger partial charge in [0.1, 0.15) is 0 Å². The van der Waals surface area contributed by atoms with Gasteiger partial charge in [0.25, 0.3) is 0 Å². The highest BCUT2D eigenvalue weighted by molar-refractivity contribution is 5.29. The van der Waals surface area contributed by atoms with E-state index in [0.29, 0.717) is 6.04 Å². The Morgan fingerprint density at radius 3 is 2.83 bits per heavy atom. The van der Waals surface area contributed by atoms with Crippen LogP contribution < -0.4 is 5.32 Å². The first-order valence-corrected chi connectivity index (χ1v) is 7.62. The molecule has 0 radical (unpaired) electrons. The van der Waals surface area contributed by atoms with Gasteiger partial charge in [-0.25, -0.2) is 0 Å². The van der Waals surface area contributed by atoms with Crippen molar-refractivity contribution in [2.24, 2.45) is 0 Å². The first-order valence-electron chi connectivity index (χ1n) is 7.62. The Balaban J connectivity index is 1.73.